The summed E-state index contributed by atoms with van der Waals surface area (Å²) in [5.74, 6) is 1.71. The first-order chi connectivity index (χ1) is 11.8. The van der Waals surface area contributed by atoms with Gasteiger partial charge >= 0.3 is 0 Å². The van der Waals surface area contributed by atoms with E-state index >= 15 is 0 Å². The Hall–Kier alpha value is -2.47. The lowest BCUT2D eigenvalue weighted by atomic mass is 9.99. The molecule has 24 heavy (non-hydrogen) atoms. The first kappa shape index (κ1) is 13.9. The van der Waals surface area contributed by atoms with E-state index in [1.165, 1.54) is 24.0 Å². The Morgan fingerprint density at radius 1 is 1.04 bits per heavy atom. The molecule has 1 aliphatic heterocycles. The van der Waals surface area contributed by atoms with Gasteiger partial charge in [0, 0.05) is 31.6 Å². The number of benzene rings is 1. The van der Waals surface area contributed by atoms with E-state index in [0.29, 0.717) is 12.0 Å². The van der Waals surface area contributed by atoms with Gasteiger partial charge in [0.2, 0.25) is 0 Å². The van der Waals surface area contributed by atoms with Crippen molar-refractivity contribution in [1.29, 1.82) is 0 Å². The standard InChI is InChI=1S/C18H20N6/c1-2-4-15-8-16(7-14(15)3-1)19-9-13-10-23(11-13)18-6-5-17-21-20-12-24(17)22-18/h1-6,12-13,16,19H,7-11H2. The normalized spacial score (nSPS) is 18.1. The Morgan fingerprint density at radius 3 is 2.62 bits per heavy atom. The number of fused-ring (bicyclic) bond motifs is 2. The zero-order valence-electron chi connectivity index (χ0n) is 13.5. The molecule has 0 saturated carbocycles. The highest BCUT2D eigenvalue weighted by Gasteiger charge is 2.29. The molecule has 3 heterocycles. The maximum Gasteiger partial charge on any atom is 0.177 e. The van der Waals surface area contributed by atoms with E-state index in [-0.39, 0.29) is 0 Å². The van der Waals surface area contributed by atoms with Crippen molar-refractivity contribution in [2.24, 2.45) is 5.92 Å². The lowest BCUT2D eigenvalue weighted by Gasteiger charge is -2.40. The Kier molecular flexibility index (Phi) is 3.23. The maximum atomic E-state index is 4.55. The molecule has 1 N–H and O–H groups in total. The number of anilines is 1. The van der Waals surface area contributed by atoms with Crippen molar-refractivity contribution in [3.8, 4) is 0 Å². The van der Waals surface area contributed by atoms with Gasteiger partial charge in [-0.3, -0.25) is 0 Å². The highest BCUT2D eigenvalue weighted by atomic mass is 15.4. The van der Waals surface area contributed by atoms with Crippen LogP contribution in [-0.2, 0) is 12.8 Å². The number of nitrogens with zero attached hydrogens (tertiary/aromatic N) is 5. The molecule has 0 bridgehead atoms. The van der Waals surface area contributed by atoms with Crippen LogP contribution in [0.25, 0.3) is 5.65 Å². The summed E-state index contributed by atoms with van der Waals surface area (Å²) in [6.07, 6.45) is 3.98. The molecule has 122 valence electrons. The summed E-state index contributed by atoms with van der Waals surface area (Å²) in [4.78, 5) is 2.31. The van der Waals surface area contributed by atoms with Crippen molar-refractivity contribution >= 4 is 11.5 Å². The van der Waals surface area contributed by atoms with Crippen LogP contribution in [-0.4, -0.2) is 45.5 Å². The van der Waals surface area contributed by atoms with E-state index in [9.17, 15) is 0 Å². The molecule has 3 aromatic rings. The fourth-order valence-electron chi connectivity index (χ4n) is 3.81. The number of hydrogen-bond acceptors (Lipinski definition) is 5. The van der Waals surface area contributed by atoms with Crippen LogP contribution >= 0.6 is 0 Å². The summed E-state index contributed by atoms with van der Waals surface area (Å²) in [6.45, 7) is 3.21. The summed E-state index contributed by atoms with van der Waals surface area (Å²) >= 11 is 0. The van der Waals surface area contributed by atoms with Crippen LogP contribution in [0.3, 0.4) is 0 Å². The number of aromatic nitrogens is 4. The van der Waals surface area contributed by atoms with Crippen LogP contribution in [0.4, 0.5) is 5.82 Å². The van der Waals surface area contributed by atoms with Gasteiger partial charge in [-0.1, -0.05) is 24.3 Å². The molecular weight excluding hydrogens is 300 g/mol. The molecule has 0 unspecified atom stereocenters. The summed E-state index contributed by atoms with van der Waals surface area (Å²) in [5, 5.41) is 16.2. The van der Waals surface area contributed by atoms with E-state index in [1.54, 1.807) is 10.8 Å². The third-order valence-electron chi connectivity index (χ3n) is 5.17. The van der Waals surface area contributed by atoms with Crippen molar-refractivity contribution in [2.75, 3.05) is 24.5 Å². The lowest BCUT2D eigenvalue weighted by molar-refractivity contribution is 0.360. The summed E-state index contributed by atoms with van der Waals surface area (Å²) in [6, 6.07) is 13.4. The highest BCUT2D eigenvalue weighted by molar-refractivity contribution is 5.46. The van der Waals surface area contributed by atoms with Crippen LogP contribution in [0.2, 0.25) is 0 Å². The van der Waals surface area contributed by atoms with Crippen molar-refractivity contribution in [1.82, 2.24) is 25.1 Å². The molecule has 1 aromatic carbocycles. The Balaban J connectivity index is 1.14. The molecular formula is C18H20N6. The van der Waals surface area contributed by atoms with Gasteiger partial charge in [-0.25, -0.2) is 0 Å². The number of hydrogen-bond donors (Lipinski definition) is 1. The van der Waals surface area contributed by atoms with Gasteiger partial charge in [0.05, 0.1) is 0 Å². The number of rotatable bonds is 4. The van der Waals surface area contributed by atoms with E-state index < -0.39 is 0 Å². The minimum absolute atomic E-state index is 0.600. The molecule has 0 radical (unpaired) electrons. The zero-order chi connectivity index (χ0) is 15.9. The van der Waals surface area contributed by atoms with Gasteiger partial charge < -0.3 is 10.2 Å². The summed E-state index contributed by atoms with van der Waals surface area (Å²) in [5.41, 5.74) is 3.81. The van der Waals surface area contributed by atoms with E-state index in [0.717, 1.165) is 31.1 Å². The smallest absolute Gasteiger partial charge is 0.177 e. The fraction of sp³-hybridized carbons (Fsp3) is 0.389. The average molecular weight is 320 g/mol. The van der Waals surface area contributed by atoms with Crippen LogP contribution in [0.1, 0.15) is 11.1 Å². The van der Waals surface area contributed by atoms with Gasteiger partial charge in [-0.2, -0.15) is 4.52 Å². The third-order valence-corrected chi connectivity index (χ3v) is 5.17. The molecule has 2 aliphatic rings. The highest BCUT2D eigenvalue weighted by Crippen LogP contribution is 2.24. The van der Waals surface area contributed by atoms with E-state index in [4.69, 9.17) is 0 Å². The van der Waals surface area contributed by atoms with E-state index in [2.05, 4.69) is 49.8 Å². The van der Waals surface area contributed by atoms with Gasteiger partial charge in [0.25, 0.3) is 0 Å². The largest absolute Gasteiger partial charge is 0.354 e. The quantitative estimate of drug-likeness (QED) is 0.786. The molecule has 1 saturated heterocycles. The SMILES string of the molecule is c1ccc2c(c1)CC(NCC1CN(c3ccc4nncn4n3)C1)C2. The first-order valence-corrected chi connectivity index (χ1v) is 8.57. The second-order valence-corrected chi connectivity index (χ2v) is 6.88. The van der Waals surface area contributed by atoms with Gasteiger partial charge in [0.1, 0.15) is 12.1 Å². The molecule has 0 spiro atoms. The molecule has 1 fully saturated rings. The lowest BCUT2D eigenvalue weighted by Crippen LogP contribution is -2.52. The molecule has 1 aliphatic carbocycles. The number of nitrogens with one attached hydrogen (secondary N) is 1. The maximum absolute atomic E-state index is 4.55. The van der Waals surface area contributed by atoms with Gasteiger partial charge in [-0.15, -0.1) is 15.3 Å². The van der Waals surface area contributed by atoms with Crippen LogP contribution < -0.4 is 10.2 Å². The van der Waals surface area contributed by atoms with Crippen molar-refractivity contribution in [3.63, 3.8) is 0 Å². The fourth-order valence-corrected chi connectivity index (χ4v) is 3.81. The van der Waals surface area contributed by atoms with Crippen LogP contribution in [0, 0.1) is 5.92 Å². The second kappa shape index (κ2) is 5.56. The summed E-state index contributed by atoms with van der Waals surface area (Å²) < 4.78 is 1.73. The minimum Gasteiger partial charge on any atom is -0.354 e. The second-order valence-electron chi connectivity index (χ2n) is 6.88. The van der Waals surface area contributed by atoms with Crippen molar-refractivity contribution in [2.45, 2.75) is 18.9 Å². The van der Waals surface area contributed by atoms with E-state index in [1.807, 2.05) is 12.1 Å². The molecule has 0 amide bonds. The van der Waals surface area contributed by atoms with Crippen molar-refractivity contribution in [3.05, 3.63) is 53.9 Å². The molecule has 2 aromatic heterocycles. The van der Waals surface area contributed by atoms with Gasteiger partial charge in [0.15, 0.2) is 5.65 Å². The third kappa shape index (κ3) is 2.43. The molecule has 0 atom stereocenters. The van der Waals surface area contributed by atoms with Crippen LogP contribution in [0.5, 0.6) is 0 Å². The molecule has 6 nitrogen and oxygen atoms in total. The molecule has 5 rings (SSSR count). The monoisotopic (exact) mass is 320 g/mol. The zero-order valence-corrected chi connectivity index (χ0v) is 13.5. The predicted octanol–water partition coefficient (Wildman–Crippen LogP) is 1.32. The van der Waals surface area contributed by atoms with Crippen LogP contribution in [0.15, 0.2) is 42.7 Å². The predicted molar refractivity (Wildman–Crippen MR) is 92.1 cm³/mol. The van der Waals surface area contributed by atoms with Gasteiger partial charge in [-0.05, 0) is 36.1 Å². The Labute approximate surface area is 140 Å². The first-order valence-electron chi connectivity index (χ1n) is 8.57. The summed E-state index contributed by atoms with van der Waals surface area (Å²) in [7, 11) is 0. The topological polar surface area (TPSA) is 58.3 Å². The Morgan fingerprint density at radius 2 is 1.83 bits per heavy atom. The molecule has 6 heteroatoms. The minimum atomic E-state index is 0.600. The average Bonchev–Trinajstić information content (AvgIpc) is 3.18. The van der Waals surface area contributed by atoms with Crippen molar-refractivity contribution < 1.29 is 0 Å². The Bertz CT molecular complexity index is 842.